The van der Waals surface area contributed by atoms with Crippen molar-refractivity contribution in [1.82, 2.24) is 0 Å². The first-order valence-corrected chi connectivity index (χ1v) is 6.97. The van der Waals surface area contributed by atoms with Crippen molar-refractivity contribution in [3.8, 4) is 22.6 Å². The molecule has 0 aliphatic rings. The monoisotopic (exact) mass is 292 g/mol. The molecule has 0 saturated heterocycles. The molecule has 3 rings (SSSR count). The van der Waals surface area contributed by atoms with Gasteiger partial charge < -0.3 is 15.9 Å². The standard InChI is InChI=1S/C18H16N2O2/c19-11-12-1-3-13(4-2-12)16-9-10-17(22-16)14-5-7-15(8-6-14)18(20)21/h1-10H,11,19H2,(H2,20,21). The first-order chi connectivity index (χ1) is 10.7. The van der Waals surface area contributed by atoms with Crippen molar-refractivity contribution in [1.29, 1.82) is 0 Å². The number of carbonyl (C=O) groups excluding carboxylic acids is 1. The molecule has 4 N–H and O–H groups in total. The minimum Gasteiger partial charge on any atom is -0.456 e. The molecule has 0 spiro atoms. The highest BCUT2D eigenvalue weighted by molar-refractivity contribution is 5.93. The normalized spacial score (nSPS) is 10.6. The van der Waals surface area contributed by atoms with Crippen LogP contribution in [0.15, 0.2) is 65.1 Å². The molecule has 0 radical (unpaired) electrons. The average Bonchev–Trinajstić information content (AvgIpc) is 3.05. The lowest BCUT2D eigenvalue weighted by atomic mass is 10.1. The third-order valence-corrected chi connectivity index (χ3v) is 3.53. The lowest BCUT2D eigenvalue weighted by molar-refractivity contribution is 0.100. The number of primary amides is 1. The first-order valence-electron chi connectivity index (χ1n) is 6.97. The lowest BCUT2D eigenvalue weighted by Crippen LogP contribution is -2.10. The topological polar surface area (TPSA) is 82.2 Å². The maximum Gasteiger partial charge on any atom is 0.248 e. The molecule has 0 atom stereocenters. The zero-order valence-corrected chi connectivity index (χ0v) is 12.0. The van der Waals surface area contributed by atoms with Gasteiger partial charge in [0.25, 0.3) is 0 Å². The van der Waals surface area contributed by atoms with Gasteiger partial charge in [0.15, 0.2) is 0 Å². The molecule has 0 saturated carbocycles. The van der Waals surface area contributed by atoms with Gasteiger partial charge in [0.05, 0.1) is 0 Å². The third-order valence-electron chi connectivity index (χ3n) is 3.53. The molecule has 2 aromatic carbocycles. The van der Waals surface area contributed by atoms with Gasteiger partial charge >= 0.3 is 0 Å². The number of amides is 1. The van der Waals surface area contributed by atoms with E-state index in [0.717, 1.165) is 28.2 Å². The Hall–Kier alpha value is -2.85. The summed E-state index contributed by atoms with van der Waals surface area (Å²) in [6, 6.07) is 18.8. The second kappa shape index (κ2) is 5.87. The van der Waals surface area contributed by atoms with Crippen LogP contribution in [0.2, 0.25) is 0 Å². The Morgan fingerprint density at radius 3 is 1.77 bits per heavy atom. The number of carbonyl (C=O) groups is 1. The van der Waals surface area contributed by atoms with Crippen LogP contribution in [0.5, 0.6) is 0 Å². The number of benzene rings is 2. The summed E-state index contributed by atoms with van der Waals surface area (Å²) in [4.78, 5) is 11.1. The lowest BCUT2D eigenvalue weighted by Gasteiger charge is -2.01. The SMILES string of the molecule is NCc1ccc(-c2ccc(-c3ccc(C(N)=O)cc3)o2)cc1. The Bertz CT molecular complexity index is 787. The predicted octanol–water partition coefficient (Wildman–Crippen LogP) is 3.17. The molecule has 0 aliphatic carbocycles. The van der Waals surface area contributed by atoms with Crippen molar-refractivity contribution in [2.24, 2.45) is 11.5 Å². The van der Waals surface area contributed by atoms with E-state index in [1.807, 2.05) is 48.5 Å². The molecule has 1 aromatic heterocycles. The second-order valence-corrected chi connectivity index (χ2v) is 5.01. The van der Waals surface area contributed by atoms with Crippen molar-refractivity contribution in [2.45, 2.75) is 6.54 Å². The van der Waals surface area contributed by atoms with Gasteiger partial charge in [0.2, 0.25) is 5.91 Å². The van der Waals surface area contributed by atoms with E-state index >= 15 is 0 Å². The second-order valence-electron chi connectivity index (χ2n) is 5.01. The fourth-order valence-corrected chi connectivity index (χ4v) is 2.25. The zero-order valence-electron chi connectivity index (χ0n) is 12.0. The van der Waals surface area contributed by atoms with Crippen LogP contribution in [-0.4, -0.2) is 5.91 Å². The maximum atomic E-state index is 11.1. The van der Waals surface area contributed by atoms with Crippen LogP contribution in [0.1, 0.15) is 15.9 Å². The Kier molecular flexibility index (Phi) is 3.76. The number of hydrogen-bond donors (Lipinski definition) is 2. The maximum absolute atomic E-state index is 11.1. The summed E-state index contributed by atoms with van der Waals surface area (Å²) in [6.45, 7) is 0.524. The predicted molar refractivity (Wildman–Crippen MR) is 86.0 cm³/mol. The van der Waals surface area contributed by atoms with E-state index < -0.39 is 5.91 Å². The highest BCUT2D eigenvalue weighted by atomic mass is 16.3. The number of furan rings is 1. The van der Waals surface area contributed by atoms with Crippen LogP contribution >= 0.6 is 0 Å². The summed E-state index contributed by atoms with van der Waals surface area (Å²) in [5.41, 5.74) is 14.3. The summed E-state index contributed by atoms with van der Waals surface area (Å²) < 4.78 is 5.88. The molecular weight excluding hydrogens is 276 g/mol. The molecule has 0 aliphatic heterocycles. The van der Waals surface area contributed by atoms with E-state index in [9.17, 15) is 4.79 Å². The number of hydrogen-bond acceptors (Lipinski definition) is 3. The molecular formula is C18H16N2O2. The number of rotatable bonds is 4. The van der Waals surface area contributed by atoms with Crippen LogP contribution in [0, 0.1) is 0 Å². The highest BCUT2D eigenvalue weighted by Crippen LogP contribution is 2.28. The summed E-state index contributed by atoms with van der Waals surface area (Å²) in [7, 11) is 0. The quantitative estimate of drug-likeness (QED) is 0.774. The Balaban J connectivity index is 1.87. The fraction of sp³-hybridized carbons (Fsp3) is 0.0556. The van der Waals surface area contributed by atoms with Gasteiger partial charge in [-0.2, -0.15) is 0 Å². The van der Waals surface area contributed by atoms with Gasteiger partial charge in [-0.25, -0.2) is 0 Å². The zero-order chi connectivity index (χ0) is 15.5. The Morgan fingerprint density at radius 1 is 0.818 bits per heavy atom. The average molecular weight is 292 g/mol. The van der Waals surface area contributed by atoms with Crippen molar-refractivity contribution >= 4 is 5.91 Å². The van der Waals surface area contributed by atoms with Gasteiger partial charge in [-0.05, 0) is 29.8 Å². The van der Waals surface area contributed by atoms with E-state index in [1.54, 1.807) is 12.1 Å². The minimum absolute atomic E-state index is 0.438. The fourth-order valence-electron chi connectivity index (χ4n) is 2.25. The molecule has 1 amide bonds. The van der Waals surface area contributed by atoms with Crippen molar-refractivity contribution < 1.29 is 9.21 Å². The minimum atomic E-state index is -0.438. The van der Waals surface area contributed by atoms with Crippen LogP contribution in [0.3, 0.4) is 0 Å². The molecule has 0 bridgehead atoms. The molecule has 22 heavy (non-hydrogen) atoms. The summed E-state index contributed by atoms with van der Waals surface area (Å²) in [6.07, 6.45) is 0. The van der Waals surface area contributed by atoms with Crippen LogP contribution in [-0.2, 0) is 6.54 Å². The Morgan fingerprint density at radius 2 is 1.32 bits per heavy atom. The van der Waals surface area contributed by atoms with Gasteiger partial charge in [-0.3, -0.25) is 4.79 Å². The van der Waals surface area contributed by atoms with E-state index in [0.29, 0.717) is 12.1 Å². The van der Waals surface area contributed by atoms with Crippen molar-refractivity contribution in [3.05, 3.63) is 71.8 Å². The van der Waals surface area contributed by atoms with Crippen LogP contribution < -0.4 is 11.5 Å². The highest BCUT2D eigenvalue weighted by Gasteiger charge is 2.08. The summed E-state index contributed by atoms with van der Waals surface area (Å²) in [5, 5.41) is 0. The van der Waals surface area contributed by atoms with Gasteiger partial charge in [0.1, 0.15) is 11.5 Å². The molecule has 110 valence electrons. The summed E-state index contributed by atoms with van der Waals surface area (Å²) in [5.74, 6) is 1.10. The van der Waals surface area contributed by atoms with Crippen LogP contribution in [0.4, 0.5) is 0 Å². The van der Waals surface area contributed by atoms with E-state index in [-0.39, 0.29) is 0 Å². The van der Waals surface area contributed by atoms with Crippen molar-refractivity contribution in [2.75, 3.05) is 0 Å². The van der Waals surface area contributed by atoms with Gasteiger partial charge in [-0.1, -0.05) is 36.4 Å². The van der Waals surface area contributed by atoms with E-state index in [4.69, 9.17) is 15.9 Å². The largest absolute Gasteiger partial charge is 0.456 e. The van der Waals surface area contributed by atoms with E-state index in [2.05, 4.69) is 0 Å². The molecule has 4 heteroatoms. The van der Waals surface area contributed by atoms with Crippen molar-refractivity contribution in [3.63, 3.8) is 0 Å². The van der Waals surface area contributed by atoms with E-state index in [1.165, 1.54) is 0 Å². The third kappa shape index (κ3) is 2.77. The van der Waals surface area contributed by atoms with Crippen LogP contribution in [0.25, 0.3) is 22.6 Å². The molecule has 1 heterocycles. The van der Waals surface area contributed by atoms with Gasteiger partial charge in [-0.15, -0.1) is 0 Å². The molecule has 4 nitrogen and oxygen atoms in total. The number of nitrogens with two attached hydrogens (primary N) is 2. The van der Waals surface area contributed by atoms with Gasteiger partial charge in [0, 0.05) is 23.2 Å². The first kappa shape index (κ1) is 14.1. The molecule has 0 unspecified atom stereocenters. The summed E-state index contributed by atoms with van der Waals surface area (Å²) >= 11 is 0. The Labute approximate surface area is 128 Å². The molecule has 0 fully saturated rings. The smallest absolute Gasteiger partial charge is 0.248 e. The molecule has 3 aromatic rings.